The second-order valence-electron chi connectivity index (χ2n) is 4.96. The highest BCUT2D eigenvalue weighted by Gasteiger charge is 2.17. The molecule has 0 aliphatic heterocycles. The van der Waals surface area contributed by atoms with Crippen molar-refractivity contribution in [2.75, 3.05) is 11.9 Å². The van der Waals surface area contributed by atoms with Crippen molar-refractivity contribution >= 4 is 22.6 Å². The number of fused-ring (bicyclic) bond motifs is 1. The van der Waals surface area contributed by atoms with Crippen molar-refractivity contribution in [1.29, 1.82) is 0 Å². The first-order valence-corrected chi connectivity index (χ1v) is 7.21. The Bertz CT molecular complexity index is 803. The number of amides is 1. The summed E-state index contributed by atoms with van der Waals surface area (Å²) in [6, 6.07) is 14.9. The van der Waals surface area contributed by atoms with Gasteiger partial charge in [0, 0.05) is 16.6 Å². The fourth-order valence-corrected chi connectivity index (χ4v) is 2.38. The topological polar surface area (TPSA) is 51.5 Å². The number of benzene rings is 2. The standard InChI is InChI=1S/C18H17NO3/c1-3-21-14-10-8-13(9-11-14)19-18(20)17-12(2)15-6-4-5-7-16(15)22-17/h4-11H,3H2,1-2H3,(H,19,20). The normalized spacial score (nSPS) is 10.6. The van der Waals surface area contributed by atoms with E-state index in [9.17, 15) is 4.79 Å². The molecule has 0 saturated heterocycles. The minimum Gasteiger partial charge on any atom is -0.494 e. The lowest BCUT2D eigenvalue weighted by molar-refractivity contribution is 0.0998. The van der Waals surface area contributed by atoms with Crippen molar-refractivity contribution in [3.8, 4) is 5.75 Å². The molecule has 3 aromatic rings. The molecule has 0 saturated carbocycles. The number of carbonyl (C=O) groups excluding carboxylic acids is 1. The van der Waals surface area contributed by atoms with Crippen LogP contribution in [0.25, 0.3) is 11.0 Å². The number of hydrogen-bond acceptors (Lipinski definition) is 3. The number of ether oxygens (including phenoxy) is 1. The van der Waals surface area contributed by atoms with E-state index in [2.05, 4.69) is 5.32 Å². The maximum atomic E-state index is 12.4. The number of hydrogen-bond donors (Lipinski definition) is 1. The predicted octanol–water partition coefficient (Wildman–Crippen LogP) is 4.39. The van der Waals surface area contributed by atoms with E-state index in [0.717, 1.165) is 22.3 Å². The number of para-hydroxylation sites is 1. The minimum absolute atomic E-state index is 0.252. The Morgan fingerprint density at radius 1 is 1.14 bits per heavy atom. The molecule has 1 aromatic heterocycles. The average Bonchev–Trinajstić information content (AvgIpc) is 2.87. The van der Waals surface area contributed by atoms with Crippen LogP contribution in [0.15, 0.2) is 52.9 Å². The van der Waals surface area contributed by atoms with E-state index in [-0.39, 0.29) is 5.91 Å². The van der Waals surface area contributed by atoms with E-state index in [0.29, 0.717) is 18.1 Å². The van der Waals surface area contributed by atoms with E-state index in [1.807, 2.05) is 50.2 Å². The van der Waals surface area contributed by atoms with Crippen LogP contribution in [0, 0.1) is 6.92 Å². The van der Waals surface area contributed by atoms with Crippen LogP contribution in [0.3, 0.4) is 0 Å². The monoisotopic (exact) mass is 295 g/mol. The first kappa shape index (κ1) is 14.2. The second kappa shape index (κ2) is 5.93. The Kier molecular flexibility index (Phi) is 3.83. The molecule has 1 N–H and O–H groups in total. The lowest BCUT2D eigenvalue weighted by Crippen LogP contribution is -2.12. The molecular formula is C18H17NO3. The average molecular weight is 295 g/mol. The summed E-state index contributed by atoms with van der Waals surface area (Å²) in [5, 5.41) is 3.80. The number of nitrogens with one attached hydrogen (secondary N) is 1. The Morgan fingerprint density at radius 3 is 2.55 bits per heavy atom. The van der Waals surface area contributed by atoms with Gasteiger partial charge in [0.2, 0.25) is 0 Å². The van der Waals surface area contributed by atoms with Crippen molar-refractivity contribution in [3.63, 3.8) is 0 Å². The van der Waals surface area contributed by atoms with Gasteiger partial charge in [-0.05, 0) is 44.2 Å². The first-order chi connectivity index (χ1) is 10.7. The summed E-state index contributed by atoms with van der Waals surface area (Å²) in [4.78, 5) is 12.4. The third-order valence-electron chi connectivity index (χ3n) is 3.47. The Hall–Kier alpha value is -2.75. The molecule has 0 radical (unpaired) electrons. The molecule has 0 aliphatic rings. The van der Waals surface area contributed by atoms with Gasteiger partial charge in [0.1, 0.15) is 11.3 Å². The molecule has 0 aliphatic carbocycles. The van der Waals surface area contributed by atoms with Gasteiger partial charge in [-0.25, -0.2) is 0 Å². The van der Waals surface area contributed by atoms with Gasteiger partial charge in [-0.2, -0.15) is 0 Å². The van der Waals surface area contributed by atoms with Crippen LogP contribution >= 0.6 is 0 Å². The van der Waals surface area contributed by atoms with Crippen LogP contribution in [-0.2, 0) is 0 Å². The molecule has 3 rings (SSSR count). The number of aryl methyl sites for hydroxylation is 1. The number of anilines is 1. The molecule has 4 heteroatoms. The molecule has 22 heavy (non-hydrogen) atoms. The van der Waals surface area contributed by atoms with Gasteiger partial charge in [-0.1, -0.05) is 18.2 Å². The van der Waals surface area contributed by atoms with Gasteiger partial charge in [0.05, 0.1) is 6.61 Å². The second-order valence-corrected chi connectivity index (χ2v) is 4.96. The highest BCUT2D eigenvalue weighted by Crippen LogP contribution is 2.26. The summed E-state index contributed by atoms with van der Waals surface area (Å²) in [5.41, 5.74) is 2.27. The van der Waals surface area contributed by atoms with Crippen molar-refractivity contribution in [3.05, 3.63) is 59.9 Å². The van der Waals surface area contributed by atoms with Gasteiger partial charge >= 0.3 is 0 Å². The lowest BCUT2D eigenvalue weighted by Gasteiger charge is -2.06. The van der Waals surface area contributed by atoms with Gasteiger partial charge in [-0.15, -0.1) is 0 Å². The molecule has 1 amide bonds. The molecule has 0 bridgehead atoms. The van der Waals surface area contributed by atoms with Crippen LogP contribution in [0.4, 0.5) is 5.69 Å². The van der Waals surface area contributed by atoms with Crippen molar-refractivity contribution in [1.82, 2.24) is 0 Å². The van der Waals surface area contributed by atoms with Crippen molar-refractivity contribution < 1.29 is 13.9 Å². The van der Waals surface area contributed by atoms with Gasteiger partial charge in [0.15, 0.2) is 5.76 Å². The SMILES string of the molecule is CCOc1ccc(NC(=O)c2oc3ccccc3c2C)cc1. The summed E-state index contributed by atoms with van der Waals surface area (Å²) >= 11 is 0. The number of rotatable bonds is 4. The zero-order valence-corrected chi connectivity index (χ0v) is 12.6. The van der Waals surface area contributed by atoms with E-state index in [1.165, 1.54) is 0 Å². The summed E-state index contributed by atoms with van der Waals surface area (Å²) in [5.74, 6) is 0.869. The molecule has 0 unspecified atom stereocenters. The van der Waals surface area contributed by atoms with Crippen LogP contribution in [0.5, 0.6) is 5.75 Å². The molecule has 4 nitrogen and oxygen atoms in total. The van der Waals surface area contributed by atoms with Crippen molar-refractivity contribution in [2.45, 2.75) is 13.8 Å². The first-order valence-electron chi connectivity index (χ1n) is 7.21. The summed E-state index contributed by atoms with van der Waals surface area (Å²) < 4.78 is 11.0. The van der Waals surface area contributed by atoms with Gasteiger partial charge in [0.25, 0.3) is 5.91 Å². The lowest BCUT2D eigenvalue weighted by atomic mass is 10.1. The quantitative estimate of drug-likeness (QED) is 0.776. The minimum atomic E-state index is -0.252. The fraction of sp³-hybridized carbons (Fsp3) is 0.167. The Morgan fingerprint density at radius 2 is 1.86 bits per heavy atom. The Labute approximate surface area is 128 Å². The molecular weight excluding hydrogens is 278 g/mol. The number of furan rings is 1. The smallest absolute Gasteiger partial charge is 0.291 e. The zero-order chi connectivity index (χ0) is 15.5. The van der Waals surface area contributed by atoms with E-state index >= 15 is 0 Å². The van der Waals surface area contributed by atoms with Crippen LogP contribution in [-0.4, -0.2) is 12.5 Å². The van der Waals surface area contributed by atoms with E-state index in [1.54, 1.807) is 12.1 Å². The highest BCUT2D eigenvalue weighted by atomic mass is 16.5. The Balaban J connectivity index is 1.82. The van der Waals surface area contributed by atoms with Crippen molar-refractivity contribution in [2.24, 2.45) is 0 Å². The molecule has 0 fully saturated rings. The maximum absolute atomic E-state index is 12.4. The molecule has 0 spiro atoms. The third kappa shape index (κ3) is 2.68. The summed E-state index contributed by atoms with van der Waals surface area (Å²) in [6.45, 7) is 4.43. The van der Waals surface area contributed by atoms with Gasteiger partial charge in [-0.3, -0.25) is 4.79 Å². The van der Waals surface area contributed by atoms with Gasteiger partial charge < -0.3 is 14.5 Å². The number of carbonyl (C=O) groups is 1. The predicted molar refractivity (Wildman–Crippen MR) is 86.5 cm³/mol. The largest absolute Gasteiger partial charge is 0.494 e. The maximum Gasteiger partial charge on any atom is 0.291 e. The van der Waals surface area contributed by atoms with Crippen LogP contribution in [0.1, 0.15) is 23.0 Å². The molecule has 1 heterocycles. The molecule has 112 valence electrons. The highest BCUT2D eigenvalue weighted by molar-refractivity contribution is 6.06. The fourth-order valence-electron chi connectivity index (χ4n) is 2.38. The summed E-state index contributed by atoms with van der Waals surface area (Å²) in [6.07, 6.45) is 0. The molecule has 2 aromatic carbocycles. The van der Waals surface area contributed by atoms with Crippen LogP contribution in [0.2, 0.25) is 0 Å². The van der Waals surface area contributed by atoms with E-state index in [4.69, 9.17) is 9.15 Å². The molecule has 0 atom stereocenters. The third-order valence-corrected chi connectivity index (χ3v) is 3.47. The zero-order valence-electron chi connectivity index (χ0n) is 12.6. The van der Waals surface area contributed by atoms with E-state index < -0.39 is 0 Å². The van der Waals surface area contributed by atoms with Crippen LogP contribution < -0.4 is 10.1 Å². The summed E-state index contributed by atoms with van der Waals surface area (Å²) in [7, 11) is 0.